The van der Waals surface area contributed by atoms with Gasteiger partial charge in [-0.05, 0) is 36.9 Å². The van der Waals surface area contributed by atoms with Gasteiger partial charge in [0.05, 0.1) is 24.2 Å². The largest absolute Gasteiger partial charge is 0.495 e. The molecule has 21 heavy (non-hydrogen) atoms. The van der Waals surface area contributed by atoms with Crippen molar-refractivity contribution in [2.75, 3.05) is 25.5 Å². The van der Waals surface area contributed by atoms with Crippen molar-refractivity contribution in [1.82, 2.24) is 4.90 Å². The molecule has 0 aliphatic carbocycles. The Bertz CT molecular complexity index is 672. The highest BCUT2D eigenvalue weighted by Crippen LogP contribution is 2.37. The van der Waals surface area contributed by atoms with Gasteiger partial charge in [-0.3, -0.25) is 9.79 Å². The molecule has 0 radical (unpaired) electrons. The standard InChI is InChI=1S/C14H14ClN3O2S/c1-8-12(21-14-16-5-6-18(8)14)13(19)17-10-7-9(15)3-4-11(10)20-2/h3-4,7H,5-6H2,1-2H3,(H,17,19). The van der Waals surface area contributed by atoms with Gasteiger partial charge in [0.15, 0.2) is 5.17 Å². The molecule has 0 fully saturated rings. The number of amidine groups is 1. The molecule has 1 aromatic rings. The van der Waals surface area contributed by atoms with E-state index in [1.54, 1.807) is 25.3 Å². The first kappa shape index (κ1) is 14.3. The third kappa shape index (κ3) is 2.61. The molecule has 0 spiro atoms. The highest BCUT2D eigenvalue weighted by atomic mass is 35.5. The Kier molecular flexibility index (Phi) is 3.82. The number of rotatable bonds is 3. The lowest BCUT2D eigenvalue weighted by atomic mass is 10.2. The Morgan fingerprint density at radius 1 is 1.52 bits per heavy atom. The normalized spacial score (nSPS) is 16.9. The van der Waals surface area contributed by atoms with Crippen LogP contribution in [0.25, 0.3) is 0 Å². The fourth-order valence-corrected chi connectivity index (χ4v) is 3.53. The highest BCUT2D eigenvalue weighted by Gasteiger charge is 2.33. The van der Waals surface area contributed by atoms with E-state index in [2.05, 4.69) is 15.2 Å². The Morgan fingerprint density at radius 2 is 2.33 bits per heavy atom. The maximum absolute atomic E-state index is 12.5. The third-order valence-corrected chi connectivity index (χ3v) is 4.80. The van der Waals surface area contributed by atoms with E-state index in [0.717, 1.165) is 24.0 Å². The zero-order valence-electron chi connectivity index (χ0n) is 11.6. The Morgan fingerprint density at radius 3 is 3.05 bits per heavy atom. The molecule has 7 heteroatoms. The molecule has 110 valence electrons. The summed E-state index contributed by atoms with van der Waals surface area (Å²) < 4.78 is 5.23. The van der Waals surface area contributed by atoms with Gasteiger partial charge in [0.2, 0.25) is 0 Å². The predicted octanol–water partition coefficient (Wildman–Crippen LogP) is 2.94. The average molecular weight is 324 g/mol. The molecule has 1 amide bonds. The van der Waals surface area contributed by atoms with Gasteiger partial charge in [-0.2, -0.15) is 0 Å². The second-order valence-electron chi connectivity index (χ2n) is 4.63. The van der Waals surface area contributed by atoms with Crippen LogP contribution in [0.3, 0.4) is 0 Å². The second-order valence-corrected chi connectivity index (χ2v) is 6.05. The van der Waals surface area contributed by atoms with Crippen molar-refractivity contribution >= 4 is 40.1 Å². The molecule has 0 aromatic heterocycles. The van der Waals surface area contributed by atoms with Crippen molar-refractivity contribution in [3.05, 3.63) is 33.8 Å². The zero-order chi connectivity index (χ0) is 15.0. The number of carbonyl (C=O) groups excluding carboxylic acids is 1. The number of methoxy groups -OCH3 is 1. The molecule has 2 heterocycles. The summed E-state index contributed by atoms with van der Waals surface area (Å²) in [7, 11) is 1.55. The molecule has 2 aliphatic rings. The van der Waals surface area contributed by atoms with Crippen LogP contribution in [0.5, 0.6) is 5.75 Å². The number of amides is 1. The maximum atomic E-state index is 12.5. The van der Waals surface area contributed by atoms with Gasteiger partial charge in [-0.25, -0.2) is 0 Å². The van der Waals surface area contributed by atoms with Crippen LogP contribution in [0.1, 0.15) is 6.92 Å². The number of nitrogens with one attached hydrogen (secondary N) is 1. The van der Waals surface area contributed by atoms with Crippen molar-refractivity contribution in [3.63, 3.8) is 0 Å². The smallest absolute Gasteiger partial charge is 0.264 e. The first-order chi connectivity index (χ1) is 10.1. The van der Waals surface area contributed by atoms with Gasteiger partial charge in [0.1, 0.15) is 5.75 Å². The van der Waals surface area contributed by atoms with E-state index in [9.17, 15) is 4.79 Å². The first-order valence-electron chi connectivity index (χ1n) is 6.46. The summed E-state index contributed by atoms with van der Waals surface area (Å²) in [5, 5.41) is 4.30. The van der Waals surface area contributed by atoms with Crippen LogP contribution >= 0.6 is 23.4 Å². The van der Waals surface area contributed by atoms with Crippen LogP contribution in [0.2, 0.25) is 5.02 Å². The van der Waals surface area contributed by atoms with Crippen molar-refractivity contribution in [3.8, 4) is 5.75 Å². The minimum Gasteiger partial charge on any atom is -0.495 e. The van der Waals surface area contributed by atoms with Crippen LogP contribution in [-0.4, -0.2) is 36.2 Å². The number of nitrogens with zero attached hydrogens (tertiary/aromatic N) is 2. The zero-order valence-corrected chi connectivity index (χ0v) is 13.2. The molecule has 0 atom stereocenters. The molecular formula is C14H14ClN3O2S. The lowest BCUT2D eigenvalue weighted by Gasteiger charge is -2.13. The lowest BCUT2D eigenvalue weighted by molar-refractivity contribution is -0.112. The molecule has 2 aliphatic heterocycles. The molecule has 0 saturated carbocycles. The summed E-state index contributed by atoms with van der Waals surface area (Å²) in [5.74, 6) is 0.405. The molecule has 1 N–H and O–H groups in total. The predicted molar refractivity (Wildman–Crippen MR) is 85.9 cm³/mol. The van der Waals surface area contributed by atoms with Crippen LogP contribution < -0.4 is 10.1 Å². The number of ether oxygens (including phenoxy) is 1. The van der Waals surface area contributed by atoms with Crippen LogP contribution in [0.15, 0.2) is 33.8 Å². The average Bonchev–Trinajstić information content (AvgIpc) is 3.02. The fourth-order valence-electron chi connectivity index (χ4n) is 2.28. The Balaban J connectivity index is 1.83. The maximum Gasteiger partial charge on any atom is 0.264 e. The van der Waals surface area contributed by atoms with Crippen molar-refractivity contribution in [1.29, 1.82) is 0 Å². The number of benzene rings is 1. The summed E-state index contributed by atoms with van der Waals surface area (Å²) in [6, 6.07) is 5.12. The molecule has 3 rings (SSSR count). The molecule has 0 saturated heterocycles. The number of hydrogen-bond donors (Lipinski definition) is 1. The van der Waals surface area contributed by atoms with Crippen LogP contribution in [-0.2, 0) is 4.79 Å². The van der Waals surface area contributed by atoms with Gasteiger partial charge in [-0.15, -0.1) is 0 Å². The number of anilines is 1. The summed E-state index contributed by atoms with van der Waals surface area (Å²) in [5.41, 5.74) is 1.50. The first-order valence-corrected chi connectivity index (χ1v) is 7.65. The van der Waals surface area contributed by atoms with Crippen molar-refractivity contribution < 1.29 is 9.53 Å². The van der Waals surface area contributed by atoms with E-state index in [1.807, 2.05) is 6.92 Å². The number of allylic oxidation sites excluding steroid dienone is 1. The summed E-state index contributed by atoms with van der Waals surface area (Å²) >= 11 is 7.38. The SMILES string of the molecule is COc1ccc(Cl)cc1NC(=O)C1=C(C)N2CCN=C2S1. The number of thioether (sulfide) groups is 1. The third-order valence-electron chi connectivity index (χ3n) is 3.34. The minimum atomic E-state index is -0.171. The van der Waals surface area contributed by atoms with Crippen LogP contribution in [0, 0.1) is 0 Å². The Labute approximate surface area is 132 Å². The van der Waals surface area contributed by atoms with Gasteiger partial charge in [0, 0.05) is 17.3 Å². The topological polar surface area (TPSA) is 53.9 Å². The van der Waals surface area contributed by atoms with Crippen LogP contribution in [0.4, 0.5) is 5.69 Å². The van der Waals surface area contributed by atoms with E-state index in [1.165, 1.54) is 11.8 Å². The van der Waals surface area contributed by atoms with E-state index in [-0.39, 0.29) is 5.91 Å². The second kappa shape index (κ2) is 5.61. The number of hydrogen-bond acceptors (Lipinski definition) is 5. The monoisotopic (exact) mass is 323 g/mol. The van der Waals surface area contributed by atoms with E-state index in [0.29, 0.717) is 21.4 Å². The van der Waals surface area contributed by atoms with E-state index < -0.39 is 0 Å². The quantitative estimate of drug-likeness (QED) is 0.929. The van der Waals surface area contributed by atoms with Gasteiger partial charge >= 0.3 is 0 Å². The summed E-state index contributed by atoms with van der Waals surface area (Å²) in [6.45, 7) is 3.56. The molecule has 5 nitrogen and oxygen atoms in total. The van der Waals surface area contributed by atoms with Gasteiger partial charge in [0.25, 0.3) is 5.91 Å². The van der Waals surface area contributed by atoms with E-state index >= 15 is 0 Å². The minimum absolute atomic E-state index is 0.171. The number of halogens is 1. The molecule has 0 unspecified atom stereocenters. The highest BCUT2D eigenvalue weighted by molar-refractivity contribution is 8.18. The number of carbonyl (C=O) groups is 1. The molecular weight excluding hydrogens is 310 g/mol. The molecule has 0 bridgehead atoms. The van der Waals surface area contributed by atoms with E-state index in [4.69, 9.17) is 16.3 Å². The van der Waals surface area contributed by atoms with Gasteiger partial charge < -0.3 is 15.0 Å². The fraction of sp³-hybridized carbons (Fsp3) is 0.286. The van der Waals surface area contributed by atoms with Gasteiger partial charge in [-0.1, -0.05) is 11.6 Å². The Hall–Kier alpha value is -1.66. The van der Waals surface area contributed by atoms with Crippen molar-refractivity contribution in [2.45, 2.75) is 6.92 Å². The lowest BCUT2D eigenvalue weighted by Crippen LogP contribution is -2.20. The summed E-state index contributed by atoms with van der Waals surface area (Å²) in [6.07, 6.45) is 0. The molecule has 1 aromatic carbocycles. The van der Waals surface area contributed by atoms with Crippen molar-refractivity contribution in [2.24, 2.45) is 4.99 Å². The number of fused-ring (bicyclic) bond motifs is 1. The number of aliphatic imine (C=N–C) groups is 1. The summed E-state index contributed by atoms with van der Waals surface area (Å²) in [4.78, 5) is 19.6.